The van der Waals surface area contributed by atoms with Crippen LogP contribution in [0.15, 0.2) is 58.0 Å². The molecule has 0 aliphatic rings. The van der Waals surface area contributed by atoms with E-state index in [-0.39, 0.29) is 48.0 Å². The van der Waals surface area contributed by atoms with Crippen LogP contribution in [0.1, 0.15) is 66.0 Å². The van der Waals surface area contributed by atoms with Crippen molar-refractivity contribution < 1.29 is 45.5 Å². The maximum atomic E-state index is 13.4. The van der Waals surface area contributed by atoms with Gasteiger partial charge in [0.1, 0.15) is 28.9 Å². The highest BCUT2D eigenvalue weighted by Gasteiger charge is 2.22. The Hall–Kier alpha value is -3.85. The number of benzene rings is 2. The molecule has 3 aromatic rings. The summed E-state index contributed by atoms with van der Waals surface area (Å²) in [6, 6.07) is 7.12. The number of unbranched alkanes of at least 4 members (excludes halogenated alkanes) is 2. The number of furan rings is 1. The number of ketones is 1. The van der Waals surface area contributed by atoms with Crippen molar-refractivity contribution in [2.45, 2.75) is 63.1 Å². The van der Waals surface area contributed by atoms with Gasteiger partial charge in [-0.2, -0.15) is 0 Å². The smallest absolute Gasteiger partial charge is 0.340 e. The molecule has 3 rings (SSSR count). The lowest BCUT2D eigenvalue weighted by Crippen LogP contribution is -2.42. The number of nitrogens with two attached hydrogens (primary N) is 1. The predicted octanol–water partition coefficient (Wildman–Crippen LogP) is 4.98. The van der Waals surface area contributed by atoms with E-state index in [9.17, 15) is 31.6 Å². The van der Waals surface area contributed by atoms with Crippen LogP contribution in [0.5, 0.6) is 0 Å². The number of hydrogen-bond acceptors (Lipinski definition) is 10. The van der Waals surface area contributed by atoms with E-state index in [1.807, 2.05) is 0 Å². The zero-order valence-electron chi connectivity index (χ0n) is 24.6. The zero-order valence-corrected chi connectivity index (χ0v) is 26.2. The Kier molecular flexibility index (Phi) is 13.0. The summed E-state index contributed by atoms with van der Waals surface area (Å²) in [5, 5.41) is 11.0. The standard InChI is InChI=1S/C30H34ClF2N3O8S/c1-18(36-19(2)29(38)20-11-21(32)13-22(33)12-20)17-44-28(37)8-4-3-5-9-43-30(39)24-14-27(45(34,40)41)25(31)15-26(24)35-16-23-7-6-10-42-23/h6-7,10-15,18-19,35-36H,3-5,8-9,16-17H2,1-2H3,(H2,34,40,41). The first-order valence-corrected chi connectivity index (χ1v) is 15.9. The van der Waals surface area contributed by atoms with Gasteiger partial charge in [-0.25, -0.2) is 27.1 Å². The van der Waals surface area contributed by atoms with E-state index in [1.165, 1.54) is 12.3 Å². The second kappa shape index (κ2) is 16.5. The molecule has 244 valence electrons. The summed E-state index contributed by atoms with van der Waals surface area (Å²) in [5.41, 5.74) is 0.0354. The molecule has 0 saturated heterocycles. The van der Waals surface area contributed by atoms with Gasteiger partial charge in [-0.3, -0.25) is 9.59 Å². The largest absolute Gasteiger partial charge is 0.467 e. The number of anilines is 1. The number of sulfonamides is 1. The minimum absolute atomic E-state index is 0.000917. The van der Waals surface area contributed by atoms with Crippen LogP contribution in [0.2, 0.25) is 5.02 Å². The van der Waals surface area contributed by atoms with Crippen molar-refractivity contribution in [2.75, 3.05) is 18.5 Å². The fourth-order valence-corrected chi connectivity index (χ4v) is 5.36. The average Bonchev–Trinajstić information content (AvgIpc) is 3.49. The van der Waals surface area contributed by atoms with Crippen molar-refractivity contribution in [3.05, 3.63) is 82.3 Å². The third-order valence-electron chi connectivity index (χ3n) is 6.46. The van der Waals surface area contributed by atoms with Gasteiger partial charge in [0.25, 0.3) is 0 Å². The molecular formula is C30H34ClF2N3O8S. The van der Waals surface area contributed by atoms with Gasteiger partial charge < -0.3 is 24.5 Å². The van der Waals surface area contributed by atoms with Gasteiger partial charge in [0.15, 0.2) is 5.78 Å². The molecule has 0 amide bonds. The minimum atomic E-state index is -4.21. The highest BCUT2D eigenvalue weighted by molar-refractivity contribution is 7.89. The molecule has 0 aliphatic heterocycles. The van der Waals surface area contributed by atoms with E-state index in [1.54, 1.807) is 26.0 Å². The van der Waals surface area contributed by atoms with Crippen LogP contribution in [0.4, 0.5) is 14.5 Å². The van der Waals surface area contributed by atoms with Crippen molar-refractivity contribution in [2.24, 2.45) is 5.14 Å². The SMILES string of the molecule is CC(COC(=O)CCCCCOC(=O)c1cc(S(N)(=O)=O)c(Cl)cc1NCc1ccco1)NC(C)C(=O)c1cc(F)cc(F)c1. The Labute approximate surface area is 264 Å². The second-order valence-electron chi connectivity index (χ2n) is 10.2. The Balaban J connectivity index is 1.40. The molecule has 0 radical (unpaired) electrons. The summed E-state index contributed by atoms with van der Waals surface area (Å²) in [6.45, 7) is 3.41. The van der Waals surface area contributed by atoms with Crippen molar-refractivity contribution in [1.82, 2.24) is 5.32 Å². The Morgan fingerprint density at radius 3 is 2.38 bits per heavy atom. The van der Waals surface area contributed by atoms with E-state index in [2.05, 4.69) is 10.6 Å². The van der Waals surface area contributed by atoms with Gasteiger partial charge in [-0.15, -0.1) is 0 Å². The number of halogens is 3. The number of hydrogen-bond donors (Lipinski definition) is 3. The first-order valence-electron chi connectivity index (χ1n) is 14.0. The van der Waals surface area contributed by atoms with Gasteiger partial charge in [0.2, 0.25) is 10.0 Å². The molecule has 0 fully saturated rings. The third-order valence-corrected chi connectivity index (χ3v) is 7.83. The van der Waals surface area contributed by atoms with E-state index < -0.39 is 56.4 Å². The van der Waals surface area contributed by atoms with Crippen molar-refractivity contribution in [3.63, 3.8) is 0 Å². The summed E-state index contributed by atoms with van der Waals surface area (Å²) >= 11 is 6.09. The summed E-state index contributed by atoms with van der Waals surface area (Å²) in [5.74, 6) is -2.91. The summed E-state index contributed by atoms with van der Waals surface area (Å²) in [4.78, 5) is 37.0. The van der Waals surface area contributed by atoms with Crippen LogP contribution < -0.4 is 15.8 Å². The maximum absolute atomic E-state index is 13.4. The number of ether oxygens (including phenoxy) is 2. The Morgan fingerprint density at radius 2 is 1.73 bits per heavy atom. The number of carbonyl (C=O) groups is 3. The molecular weight excluding hydrogens is 636 g/mol. The number of nitrogens with one attached hydrogen (secondary N) is 2. The van der Waals surface area contributed by atoms with E-state index in [0.29, 0.717) is 31.1 Å². The molecule has 0 aliphatic carbocycles. The maximum Gasteiger partial charge on any atom is 0.340 e. The van der Waals surface area contributed by atoms with Crippen molar-refractivity contribution >= 4 is 45.0 Å². The van der Waals surface area contributed by atoms with E-state index in [4.69, 9.17) is 30.6 Å². The summed E-state index contributed by atoms with van der Waals surface area (Å²) < 4.78 is 66.5. The number of Topliss-reactive ketones (excluding diaryl/α,β-unsaturated/α-hetero) is 1. The molecule has 1 heterocycles. The third kappa shape index (κ3) is 11.2. The number of primary sulfonamides is 1. The van der Waals surface area contributed by atoms with Crippen LogP contribution in [0.3, 0.4) is 0 Å². The zero-order chi connectivity index (χ0) is 33.1. The van der Waals surface area contributed by atoms with E-state index in [0.717, 1.165) is 18.2 Å². The fraction of sp³-hybridized carbons (Fsp3) is 0.367. The second-order valence-corrected chi connectivity index (χ2v) is 12.2. The van der Waals surface area contributed by atoms with Gasteiger partial charge in [-0.05, 0) is 69.5 Å². The molecule has 1 aromatic heterocycles. The van der Waals surface area contributed by atoms with Crippen LogP contribution >= 0.6 is 11.6 Å². The molecule has 11 nitrogen and oxygen atoms in total. The first-order chi connectivity index (χ1) is 21.2. The van der Waals surface area contributed by atoms with Gasteiger partial charge in [0.05, 0.1) is 41.7 Å². The Bertz CT molecular complexity index is 1580. The molecule has 15 heteroatoms. The molecule has 2 atom stereocenters. The normalized spacial score (nSPS) is 12.8. The lowest BCUT2D eigenvalue weighted by atomic mass is 10.0. The van der Waals surface area contributed by atoms with Gasteiger partial charge in [0, 0.05) is 24.1 Å². The number of carbonyl (C=O) groups excluding carboxylic acids is 3. The monoisotopic (exact) mass is 669 g/mol. The number of rotatable bonds is 17. The lowest BCUT2D eigenvalue weighted by Gasteiger charge is -2.19. The topological polar surface area (TPSA) is 167 Å². The number of esters is 2. The van der Waals surface area contributed by atoms with Crippen LogP contribution in [-0.2, 0) is 30.8 Å². The predicted molar refractivity (Wildman–Crippen MR) is 161 cm³/mol. The van der Waals surface area contributed by atoms with Crippen LogP contribution in [-0.4, -0.2) is 51.4 Å². The highest BCUT2D eigenvalue weighted by atomic mass is 35.5. The molecule has 4 N–H and O–H groups in total. The Morgan fingerprint density at radius 1 is 1.02 bits per heavy atom. The van der Waals surface area contributed by atoms with Crippen molar-refractivity contribution in [3.8, 4) is 0 Å². The van der Waals surface area contributed by atoms with Crippen LogP contribution in [0.25, 0.3) is 0 Å². The molecule has 0 bridgehead atoms. The molecule has 0 spiro atoms. The fourth-order valence-electron chi connectivity index (χ4n) is 4.26. The quantitative estimate of drug-likeness (QED) is 0.101. The molecule has 2 aromatic carbocycles. The minimum Gasteiger partial charge on any atom is -0.467 e. The summed E-state index contributed by atoms with van der Waals surface area (Å²) in [7, 11) is -4.21. The van der Waals surface area contributed by atoms with E-state index >= 15 is 0 Å². The van der Waals surface area contributed by atoms with Gasteiger partial charge in [-0.1, -0.05) is 11.6 Å². The molecule has 0 saturated carbocycles. The summed E-state index contributed by atoms with van der Waals surface area (Å²) in [6.07, 6.45) is 2.98. The van der Waals surface area contributed by atoms with Crippen LogP contribution in [0, 0.1) is 11.6 Å². The van der Waals surface area contributed by atoms with Gasteiger partial charge >= 0.3 is 11.9 Å². The lowest BCUT2D eigenvalue weighted by molar-refractivity contribution is -0.144. The highest BCUT2D eigenvalue weighted by Crippen LogP contribution is 2.29. The molecule has 45 heavy (non-hydrogen) atoms. The molecule has 2 unspecified atom stereocenters. The van der Waals surface area contributed by atoms with Crippen molar-refractivity contribution in [1.29, 1.82) is 0 Å². The average molecular weight is 670 g/mol. The first kappa shape index (κ1) is 35.6.